The molecule has 0 fully saturated rings. The van der Waals surface area contributed by atoms with Gasteiger partial charge >= 0.3 is 5.97 Å². The lowest BCUT2D eigenvalue weighted by Crippen LogP contribution is -2.11. The Morgan fingerprint density at radius 1 is 1.29 bits per heavy atom. The van der Waals surface area contributed by atoms with Crippen molar-refractivity contribution in [2.45, 2.75) is 20.8 Å². The molecule has 1 heterocycles. The Hall–Kier alpha value is -2.21. The summed E-state index contributed by atoms with van der Waals surface area (Å²) >= 11 is 0.877. The van der Waals surface area contributed by atoms with E-state index in [0.29, 0.717) is 11.4 Å². The second kappa shape index (κ2) is 6.05. The van der Waals surface area contributed by atoms with E-state index >= 15 is 0 Å². The van der Waals surface area contributed by atoms with Crippen molar-refractivity contribution in [2.75, 3.05) is 6.61 Å². The van der Waals surface area contributed by atoms with Crippen LogP contribution in [-0.2, 0) is 0 Å². The number of Topliss-reactive ketones (excluding diaryl/α,β-unsaturated/α-hetero) is 1. The number of hydrogen-bond donors (Lipinski definition) is 1. The van der Waals surface area contributed by atoms with Crippen LogP contribution in [0.15, 0.2) is 18.2 Å². The Morgan fingerprint density at radius 3 is 2.57 bits per heavy atom. The van der Waals surface area contributed by atoms with Gasteiger partial charge in [-0.2, -0.15) is 0 Å². The molecule has 110 valence electrons. The molecule has 0 bridgehead atoms. The van der Waals surface area contributed by atoms with Crippen LogP contribution in [0.1, 0.15) is 36.3 Å². The molecule has 0 saturated carbocycles. The van der Waals surface area contributed by atoms with E-state index in [-0.39, 0.29) is 22.3 Å². The molecule has 1 N–H and O–H groups in total. The van der Waals surface area contributed by atoms with Gasteiger partial charge in [0.05, 0.1) is 5.69 Å². The zero-order valence-electron chi connectivity index (χ0n) is 12.0. The van der Waals surface area contributed by atoms with Gasteiger partial charge in [-0.3, -0.25) is 4.79 Å². The standard InChI is InChI=1S/C15H15NO4S/c1-8-4-5-12(9(2)6-8)20-7-11(17)14-16-10(3)13(21-14)15(18)19/h4-6H,7H2,1-3H3,(H,18,19). The lowest BCUT2D eigenvalue weighted by molar-refractivity contribution is 0.0701. The number of carbonyl (C=O) groups is 2. The monoisotopic (exact) mass is 305 g/mol. The highest BCUT2D eigenvalue weighted by Gasteiger charge is 2.19. The zero-order chi connectivity index (χ0) is 15.6. The van der Waals surface area contributed by atoms with Crippen LogP contribution in [0.25, 0.3) is 0 Å². The number of aromatic carboxylic acids is 1. The van der Waals surface area contributed by atoms with Gasteiger partial charge in [0.2, 0.25) is 5.78 Å². The molecule has 0 aliphatic carbocycles. The van der Waals surface area contributed by atoms with E-state index in [1.807, 2.05) is 32.0 Å². The number of aryl methyl sites for hydroxylation is 3. The van der Waals surface area contributed by atoms with Crippen molar-refractivity contribution in [2.24, 2.45) is 0 Å². The number of ether oxygens (including phenoxy) is 1. The SMILES string of the molecule is Cc1ccc(OCC(=O)c2nc(C)c(C(=O)O)s2)c(C)c1. The Balaban J connectivity index is 2.08. The first-order valence-corrected chi connectivity index (χ1v) is 7.14. The minimum Gasteiger partial charge on any atom is -0.485 e. The summed E-state index contributed by atoms with van der Waals surface area (Å²) in [6.45, 7) is 5.30. The molecule has 1 aromatic carbocycles. The second-order valence-electron chi connectivity index (χ2n) is 4.72. The van der Waals surface area contributed by atoms with Crippen molar-refractivity contribution in [3.05, 3.63) is 44.9 Å². The van der Waals surface area contributed by atoms with Gasteiger partial charge in [0.1, 0.15) is 10.6 Å². The first kappa shape index (κ1) is 15.2. The molecule has 2 aromatic rings. The Labute approximate surface area is 126 Å². The smallest absolute Gasteiger partial charge is 0.347 e. The highest BCUT2D eigenvalue weighted by molar-refractivity contribution is 7.15. The van der Waals surface area contributed by atoms with Crippen LogP contribution in [0.3, 0.4) is 0 Å². The minimum atomic E-state index is -1.07. The molecule has 0 radical (unpaired) electrons. The summed E-state index contributed by atoms with van der Waals surface area (Å²) in [7, 11) is 0. The second-order valence-corrected chi connectivity index (χ2v) is 5.72. The van der Waals surface area contributed by atoms with Crippen molar-refractivity contribution in [3.8, 4) is 5.75 Å². The summed E-state index contributed by atoms with van der Waals surface area (Å²) in [5, 5.41) is 9.12. The summed E-state index contributed by atoms with van der Waals surface area (Å²) in [4.78, 5) is 27.0. The Morgan fingerprint density at radius 2 is 2.00 bits per heavy atom. The molecule has 0 atom stereocenters. The van der Waals surface area contributed by atoms with Gasteiger partial charge in [-0.05, 0) is 32.4 Å². The van der Waals surface area contributed by atoms with Crippen molar-refractivity contribution in [1.29, 1.82) is 0 Å². The van der Waals surface area contributed by atoms with Gasteiger partial charge in [0.15, 0.2) is 11.6 Å². The summed E-state index contributed by atoms with van der Waals surface area (Å²) in [6, 6.07) is 5.69. The van der Waals surface area contributed by atoms with E-state index in [1.54, 1.807) is 6.92 Å². The number of carboxylic acid groups (broad SMARTS) is 1. The maximum atomic E-state index is 12.0. The fraction of sp³-hybridized carbons (Fsp3) is 0.267. The van der Waals surface area contributed by atoms with Gasteiger partial charge in [0.25, 0.3) is 0 Å². The predicted molar refractivity (Wildman–Crippen MR) is 79.6 cm³/mol. The number of carbonyl (C=O) groups excluding carboxylic acids is 1. The predicted octanol–water partition coefficient (Wildman–Crippen LogP) is 3.03. The Kier molecular flexibility index (Phi) is 4.37. The number of benzene rings is 1. The Bertz CT molecular complexity index is 706. The molecule has 0 amide bonds. The molecular weight excluding hydrogens is 290 g/mol. The van der Waals surface area contributed by atoms with Gasteiger partial charge in [-0.15, -0.1) is 11.3 Å². The summed E-state index contributed by atoms with van der Waals surface area (Å²) in [5.74, 6) is -0.754. The van der Waals surface area contributed by atoms with E-state index in [9.17, 15) is 9.59 Å². The third-order valence-corrected chi connectivity index (χ3v) is 4.11. The number of rotatable bonds is 5. The van der Waals surface area contributed by atoms with Crippen LogP contribution >= 0.6 is 11.3 Å². The first-order chi connectivity index (χ1) is 9.88. The molecule has 0 spiro atoms. The number of ketones is 1. The molecule has 2 rings (SSSR count). The van der Waals surface area contributed by atoms with Crippen LogP contribution in [-0.4, -0.2) is 28.4 Å². The maximum absolute atomic E-state index is 12.0. The van der Waals surface area contributed by atoms with Crippen molar-refractivity contribution in [1.82, 2.24) is 4.98 Å². The van der Waals surface area contributed by atoms with Crippen LogP contribution in [0, 0.1) is 20.8 Å². The summed E-state index contributed by atoms with van der Waals surface area (Å²) in [6.07, 6.45) is 0. The largest absolute Gasteiger partial charge is 0.485 e. The third-order valence-electron chi connectivity index (χ3n) is 2.92. The molecular formula is C15H15NO4S. The fourth-order valence-corrected chi connectivity index (χ4v) is 2.71. The van der Waals surface area contributed by atoms with Gasteiger partial charge in [-0.25, -0.2) is 9.78 Å². The number of thiazole rings is 1. The molecule has 1 aromatic heterocycles. The molecule has 5 nitrogen and oxygen atoms in total. The normalized spacial score (nSPS) is 10.4. The lowest BCUT2D eigenvalue weighted by Gasteiger charge is -2.08. The number of hydrogen-bond acceptors (Lipinski definition) is 5. The van der Waals surface area contributed by atoms with Crippen molar-refractivity contribution in [3.63, 3.8) is 0 Å². The van der Waals surface area contributed by atoms with Crippen molar-refractivity contribution < 1.29 is 19.4 Å². The summed E-state index contributed by atoms with van der Waals surface area (Å²) < 4.78 is 5.49. The average Bonchev–Trinajstić information content (AvgIpc) is 2.80. The van der Waals surface area contributed by atoms with E-state index in [4.69, 9.17) is 9.84 Å². The van der Waals surface area contributed by atoms with E-state index in [0.717, 1.165) is 22.5 Å². The first-order valence-electron chi connectivity index (χ1n) is 6.32. The van der Waals surface area contributed by atoms with Crippen LogP contribution in [0.2, 0.25) is 0 Å². The number of aromatic nitrogens is 1. The summed E-state index contributed by atoms with van der Waals surface area (Å²) in [5.41, 5.74) is 2.42. The van der Waals surface area contributed by atoms with Crippen LogP contribution in [0.5, 0.6) is 5.75 Å². The van der Waals surface area contributed by atoms with Crippen LogP contribution in [0.4, 0.5) is 0 Å². The van der Waals surface area contributed by atoms with Gasteiger partial charge < -0.3 is 9.84 Å². The lowest BCUT2D eigenvalue weighted by atomic mass is 10.1. The zero-order valence-corrected chi connectivity index (χ0v) is 12.8. The van der Waals surface area contributed by atoms with Crippen molar-refractivity contribution >= 4 is 23.1 Å². The minimum absolute atomic E-state index is 0.0878. The molecule has 0 aliphatic rings. The maximum Gasteiger partial charge on any atom is 0.347 e. The topological polar surface area (TPSA) is 76.5 Å². The molecule has 0 aliphatic heterocycles. The van der Waals surface area contributed by atoms with Crippen LogP contribution < -0.4 is 4.74 Å². The van der Waals surface area contributed by atoms with Gasteiger partial charge in [-0.1, -0.05) is 17.7 Å². The fourth-order valence-electron chi connectivity index (χ4n) is 1.88. The van der Waals surface area contributed by atoms with E-state index in [2.05, 4.69) is 4.98 Å². The molecule has 6 heteroatoms. The average molecular weight is 305 g/mol. The number of carboxylic acids is 1. The highest BCUT2D eigenvalue weighted by Crippen LogP contribution is 2.21. The number of nitrogens with zero attached hydrogens (tertiary/aromatic N) is 1. The molecule has 0 saturated heterocycles. The third kappa shape index (κ3) is 3.46. The molecule has 21 heavy (non-hydrogen) atoms. The quantitative estimate of drug-likeness (QED) is 0.859. The van der Waals surface area contributed by atoms with E-state index < -0.39 is 5.97 Å². The molecule has 0 unspecified atom stereocenters. The van der Waals surface area contributed by atoms with Gasteiger partial charge in [0, 0.05) is 0 Å². The highest BCUT2D eigenvalue weighted by atomic mass is 32.1. The van der Waals surface area contributed by atoms with E-state index in [1.165, 1.54) is 0 Å².